The van der Waals surface area contributed by atoms with Gasteiger partial charge in [-0.15, -0.1) is 0 Å². The Bertz CT molecular complexity index is 895. The van der Waals surface area contributed by atoms with Crippen LogP contribution in [0, 0.1) is 17.0 Å². The highest BCUT2D eigenvalue weighted by molar-refractivity contribution is 6.21. The molecule has 0 fully saturated rings. The van der Waals surface area contributed by atoms with Crippen LogP contribution in [-0.2, 0) is 0 Å². The highest BCUT2D eigenvalue weighted by Gasteiger charge is 2.37. The van der Waals surface area contributed by atoms with Gasteiger partial charge < -0.3 is 9.84 Å². The smallest absolute Gasteiger partial charge is 0.270 e. The summed E-state index contributed by atoms with van der Waals surface area (Å²) in [6, 6.07) is 10.8. The van der Waals surface area contributed by atoms with Crippen LogP contribution < -0.4 is 4.74 Å². The van der Waals surface area contributed by atoms with Crippen LogP contribution >= 0.6 is 0 Å². The first-order chi connectivity index (χ1) is 12.4. The number of nitro benzene ring substituents is 1. The fourth-order valence-corrected chi connectivity index (χ4v) is 2.73. The lowest BCUT2D eigenvalue weighted by molar-refractivity contribution is -0.384. The monoisotopic (exact) mass is 356 g/mol. The molecule has 0 radical (unpaired) electrons. The summed E-state index contributed by atoms with van der Waals surface area (Å²) in [4.78, 5) is 35.8. The molecule has 134 valence electrons. The van der Waals surface area contributed by atoms with Crippen LogP contribution in [0.4, 0.5) is 5.69 Å². The number of carbonyl (C=O) groups excluding carboxylic acids is 2. The third-order valence-electron chi connectivity index (χ3n) is 4.08. The van der Waals surface area contributed by atoms with E-state index in [9.17, 15) is 24.8 Å². The molecule has 2 aromatic carbocycles. The Morgan fingerprint density at radius 3 is 2.54 bits per heavy atom. The van der Waals surface area contributed by atoms with E-state index in [1.54, 1.807) is 12.1 Å². The molecule has 1 atom stereocenters. The summed E-state index contributed by atoms with van der Waals surface area (Å²) < 4.78 is 5.52. The molecule has 2 aromatic rings. The standard InChI is InChI=1S/C18H16N2O6/c1-11-4-2-3-5-16(11)26-10-13(21)9-19-17(22)14-7-6-12(20(24)25)8-15(14)18(19)23/h2-8,13,21H,9-10H2,1H3/t13-/m1/s1. The Kier molecular flexibility index (Phi) is 4.68. The van der Waals surface area contributed by atoms with Gasteiger partial charge in [-0.05, 0) is 24.6 Å². The van der Waals surface area contributed by atoms with Gasteiger partial charge in [0.25, 0.3) is 17.5 Å². The van der Waals surface area contributed by atoms with Gasteiger partial charge in [0.1, 0.15) is 18.5 Å². The summed E-state index contributed by atoms with van der Waals surface area (Å²) in [5, 5.41) is 21.0. The van der Waals surface area contributed by atoms with Crippen LogP contribution in [0.15, 0.2) is 42.5 Å². The van der Waals surface area contributed by atoms with Gasteiger partial charge in [0.15, 0.2) is 0 Å². The number of non-ortho nitro benzene ring substituents is 1. The number of nitro groups is 1. The maximum Gasteiger partial charge on any atom is 0.270 e. The quantitative estimate of drug-likeness (QED) is 0.481. The van der Waals surface area contributed by atoms with Crippen molar-refractivity contribution in [3.63, 3.8) is 0 Å². The average Bonchev–Trinajstić information content (AvgIpc) is 2.85. The molecule has 8 nitrogen and oxygen atoms in total. The molecular weight excluding hydrogens is 340 g/mol. The fourth-order valence-electron chi connectivity index (χ4n) is 2.73. The number of fused-ring (bicyclic) bond motifs is 1. The van der Waals surface area contributed by atoms with Crippen molar-refractivity contribution in [2.24, 2.45) is 0 Å². The Hall–Kier alpha value is -3.26. The molecule has 2 amide bonds. The molecule has 0 aromatic heterocycles. The first-order valence-corrected chi connectivity index (χ1v) is 7.89. The minimum absolute atomic E-state index is 0.0313. The highest BCUT2D eigenvalue weighted by atomic mass is 16.6. The maximum absolute atomic E-state index is 12.4. The number of imide groups is 1. The maximum atomic E-state index is 12.4. The van der Waals surface area contributed by atoms with E-state index in [2.05, 4.69) is 0 Å². The third-order valence-corrected chi connectivity index (χ3v) is 4.08. The summed E-state index contributed by atoms with van der Waals surface area (Å²) in [6.07, 6.45) is -1.09. The number of nitrogens with zero attached hydrogens (tertiary/aromatic N) is 2. The van der Waals surface area contributed by atoms with E-state index < -0.39 is 22.8 Å². The molecule has 1 N–H and O–H groups in total. The van der Waals surface area contributed by atoms with Crippen LogP contribution in [0.1, 0.15) is 26.3 Å². The molecular formula is C18H16N2O6. The summed E-state index contributed by atoms with van der Waals surface area (Å²) in [7, 11) is 0. The van der Waals surface area contributed by atoms with Gasteiger partial charge in [-0.2, -0.15) is 0 Å². The number of rotatable bonds is 6. The largest absolute Gasteiger partial charge is 0.491 e. The molecule has 0 saturated carbocycles. The Labute approximate surface area is 148 Å². The number of aryl methyl sites for hydroxylation is 1. The van der Waals surface area contributed by atoms with Gasteiger partial charge in [0, 0.05) is 12.1 Å². The molecule has 0 unspecified atom stereocenters. The molecule has 0 aliphatic carbocycles. The Morgan fingerprint density at radius 2 is 1.85 bits per heavy atom. The minimum Gasteiger partial charge on any atom is -0.491 e. The number of aliphatic hydroxyl groups excluding tert-OH is 1. The zero-order valence-corrected chi connectivity index (χ0v) is 13.9. The fraction of sp³-hybridized carbons (Fsp3) is 0.222. The zero-order chi connectivity index (χ0) is 18.8. The van der Waals surface area contributed by atoms with Crippen molar-refractivity contribution in [1.82, 2.24) is 4.90 Å². The molecule has 0 saturated heterocycles. The summed E-state index contributed by atoms with van der Waals surface area (Å²) in [6.45, 7) is 1.50. The number of hydrogen-bond donors (Lipinski definition) is 1. The van der Waals surface area contributed by atoms with E-state index in [1.807, 2.05) is 19.1 Å². The minimum atomic E-state index is -1.09. The number of benzene rings is 2. The van der Waals surface area contributed by atoms with Crippen LogP contribution in [0.5, 0.6) is 5.75 Å². The summed E-state index contributed by atoms with van der Waals surface area (Å²) in [5.74, 6) is -0.650. The second kappa shape index (κ2) is 6.93. The number of para-hydroxylation sites is 1. The van der Waals surface area contributed by atoms with Gasteiger partial charge in [0.05, 0.1) is 22.6 Å². The van der Waals surface area contributed by atoms with Crippen molar-refractivity contribution >= 4 is 17.5 Å². The van der Waals surface area contributed by atoms with E-state index in [-0.39, 0.29) is 30.0 Å². The average molecular weight is 356 g/mol. The molecule has 1 aliphatic rings. The van der Waals surface area contributed by atoms with Crippen molar-refractivity contribution in [2.45, 2.75) is 13.0 Å². The van der Waals surface area contributed by atoms with Crippen LogP contribution in [0.25, 0.3) is 0 Å². The van der Waals surface area contributed by atoms with Gasteiger partial charge in [0.2, 0.25) is 0 Å². The second-order valence-corrected chi connectivity index (χ2v) is 5.94. The normalized spacial score (nSPS) is 14.3. The molecule has 26 heavy (non-hydrogen) atoms. The number of hydrogen-bond acceptors (Lipinski definition) is 6. The van der Waals surface area contributed by atoms with Gasteiger partial charge in [-0.25, -0.2) is 0 Å². The van der Waals surface area contributed by atoms with Crippen LogP contribution in [-0.4, -0.2) is 46.0 Å². The molecule has 3 rings (SSSR count). The molecule has 1 aliphatic heterocycles. The van der Waals surface area contributed by atoms with Crippen LogP contribution in [0.3, 0.4) is 0 Å². The third kappa shape index (κ3) is 3.27. The molecule has 0 spiro atoms. The number of ether oxygens (including phenoxy) is 1. The van der Waals surface area contributed by atoms with E-state index in [0.29, 0.717) is 5.75 Å². The van der Waals surface area contributed by atoms with Crippen molar-refractivity contribution in [3.8, 4) is 5.75 Å². The first kappa shape index (κ1) is 17.6. The van der Waals surface area contributed by atoms with E-state index >= 15 is 0 Å². The van der Waals surface area contributed by atoms with Gasteiger partial charge in [-0.1, -0.05) is 18.2 Å². The lowest BCUT2D eigenvalue weighted by atomic mass is 10.1. The lowest BCUT2D eigenvalue weighted by Gasteiger charge is -2.19. The number of β-amino-alcohol motifs (C(OH)–C–C–N with tert-alkyl or cyclic N) is 1. The highest BCUT2D eigenvalue weighted by Crippen LogP contribution is 2.27. The van der Waals surface area contributed by atoms with E-state index in [1.165, 1.54) is 12.1 Å². The van der Waals surface area contributed by atoms with Crippen molar-refractivity contribution in [3.05, 3.63) is 69.3 Å². The van der Waals surface area contributed by atoms with Crippen molar-refractivity contribution in [1.29, 1.82) is 0 Å². The molecule has 1 heterocycles. The van der Waals surface area contributed by atoms with Crippen molar-refractivity contribution in [2.75, 3.05) is 13.2 Å². The number of aliphatic hydroxyl groups is 1. The number of carbonyl (C=O) groups is 2. The van der Waals surface area contributed by atoms with Crippen molar-refractivity contribution < 1.29 is 24.4 Å². The van der Waals surface area contributed by atoms with E-state index in [4.69, 9.17) is 4.74 Å². The first-order valence-electron chi connectivity index (χ1n) is 7.89. The topological polar surface area (TPSA) is 110 Å². The SMILES string of the molecule is Cc1ccccc1OC[C@H](O)CN1C(=O)c2ccc([N+](=O)[O-])cc2C1=O. The van der Waals surface area contributed by atoms with E-state index in [0.717, 1.165) is 16.5 Å². The Balaban J connectivity index is 1.68. The Morgan fingerprint density at radius 1 is 1.15 bits per heavy atom. The molecule has 8 heteroatoms. The molecule has 0 bridgehead atoms. The van der Waals surface area contributed by atoms with Gasteiger partial charge >= 0.3 is 0 Å². The predicted molar refractivity (Wildman–Crippen MR) is 91.1 cm³/mol. The lowest BCUT2D eigenvalue weighted by Crippen LogP contribution is -2.39. The number of amides is 2. The second-order valence-electron chi connectivity index (χ2n) is 5.94. The summed E-state index contributed by atoms with van der Waals surface area (Å²) >= 11 is 0. The zero-order valence-electron chi connectivity index (χ0n) is 13.9. The summed E-state index contributed by atoms with van der Waals surface area (Å²) in [5.41, 5.74) is 0.687. The predicted octanol–water partition coefficient (Wildman–Crippen LogP) is 1.94. The van der Waals surface area contributed by atoms with Gasteiger partial charge in [-0.3, -0.25) is 24.6 Å². The van der Waals surface area contributed by atoms with Crippen LogP contribution in [0.2, 0.25) is 0 Å².